The first-order valence-corrected chi connectivity index (χ1v) is 6.54. The zero-order valence-corrected chi connectivity index (χ0v) is 12.4. The zero-order valence-electron chi connectivity index (χ0n) is 11.6. The number of hydrogen-bond acceptors (Lipinski definition) is 5. The number of nitro groups is 1. The quantitative estimate of drug-likeness (QED) is 0.481. The summed E-state index contributed by atoms with van der Waals surface area (Å²) in [5.74, 6) is 1.18. The van der Waals surface area contributed by atoms with Gasteiger partial charge in [0.15, 0.2) is 0 Å². The number of ether oxygens (including phenoxy) is 1. The highest BCUT2D eigenvalue weighted by Crippen LogP contribution is 2.25. The van der Waals surface area contributed by atoms with Crippen molar-refractivity contribution in [2.24, 2.45) is 0 Å². The van der Waals surface area contributed by atoms with Gasteiger partial charge in [0.05, 0.1) is 24.2 Å². The van der Waals surface area contributed by atoms with Crippen LogP contribution < -0.4 is 9.64 Å². The number of anilines is 1. The van der Waals surface area contributed by atoms with Crippen LogP contribution in [0, 0.1) is 10.1 Å². The van der Waals surface area contributed by atoms with Crippen LogP contribution in [-0.4, -0.2) is 24.1 Å². The molecule has 21 heavy (non-hydrogen) atoms. The minimum Gasteiger partial charge on any atom is -0.496 e. The van der Waals surface area contributed by atoms with Crippen LogP contribution in [0.4, 0.5) is 11.5 Å². The summed E-state index contributed by atoms with van der Waals surface area (Å²) < 4.78 is 5.29. The molecule has 0 N–H and O–H groups in total. The number of rotatable bonds is 5. The normalized spacial score (nSPS) is 10.2. The molecule has 0 aliphatic carbocycles. The van der Waals surface area contributed by atoms with Crippen molar-refractivity contribution < 1.29 is 9.66 Å². The van der Waals surface area contributed by atoms with Gasteiger partial charge in [0, 0.05) is 19.2 Å². The van der Waals surface area contributed by atoms with Gasteiger partial charge in [0.25, 0.3) is 5.69 Å². The molecule has 1 aromatic heterocycles. The van der Waals surface area contributed by atoms with Crippen molar-refractivity contribution in [3.05, 3.63) is 57.2 Å². The Hall–Kier alpha value is -2.34. The van der Waals surface area contributed by atoms with Crippen LogP contribution >= 0.6 is 11.6 Å². The molecule has 0 saturated carbocycles. The molecule has 0 unspecified atom stereocenters. The van der Waals surface area contributed by atoms with Gasteiger partial charge >= 0.3 is 0 Å². The predicted octanol–water partition coefficient (Wildman–Crippen LogP) is 3.29. The van der Waals surface area contributed by atoms with Gasteiger partial charge in [-0.25, -0.2) is 4.98 Å². The maximum Gasteiger partial charge on any atom is 0.276 e. The molecule has 0 spiro atoms. The van der Waals surface area contributed by atoms with Gasteiger partial charge in [-0.05, 0) is 6.07 Å². The van der Waals surface area contributed by atoms with Crippen LogP contribution in [-0.2, 0) is 6.54 Å². The SMILES string of the molecule is COc1ccccc1CN(C)c1cc([N+](=O)[O-])cc(Cl)n1. The minimum atomic E-state index is -0.492. The van der Waals surface area contributed by atoms with E-state index in [1.54, 1.807) is 19.1 Å². The fourth-order valence-corrected chi connectivity index (χ4v) is 2.14. The number of pyridine rings is 1. The third-order valence-corrected chi connectivity index (χ3v) is 3.16. The van der Waals surface area contributed by atoms with E-state index >= 15 is 0 Å². The van der Waals surface area contributed by atoms with Crippen molar-refractivity contribution in [2.45, 2.75) is 6.54 Å². The smallest absolute Gasteiger partial charge is 0.276 e. The molecule has 2 aromatic rings. The summed E-state index contributed by atoms with van der Waals surface area (Å²) in [5.41, 5.74) is 0.865. The number of hydrogen-bond donors (Lipinski definition) is 0. The lowest BCUT2D eigenvalue weighted by atomic mass is 10.2. The number of benzene rings is 1. The van der Waals surface area contributed by atoms with E-state index in [-0.39, 0.29) is 10.8 Å². The van der Waals surface area contributed by atoms with Crippen LogP contribution in [0.1, 0.15) is 5.56 Å². The maximum atomic E-state index is 10.9. The van der Waals surface area contributed by atoms with E-state index in [0.717, 1.165) is 11.3 Å². The fourth-order valence-electron chi connectivity index (χ4n) is 1.94. The number of para-hydroxylation sites is 1. The van der Waals surface area contributed by atoms with E-state index in [1.807, 2.05) is 24.3 Å². The summed E-state index contributed by atoms with van der Waals surface area (Å²) in [6, 6.07) is 10.2. The second kappa shape index (κ2) is 6.41. The van der Waals surface area contributed by atoms with Crippen LogP contribution in [0.25, 0.3) is 0 Å². The molecular formula is C14H14ClN3O3. The van der Waals surface area contributed by atoms with Gasteiger partial charge in [-0.3, -0.25) is 10.1 Å². The Morgan fingerprint density at radius 1 is 1.38 bits per heavy atom. The average Bonchev–Trinajstić information content (AvgIpc) is 2.47. The van der Waals surface area contributed by atoms with Crippen molar-refractivity contribution in [1.29, 1.82) is 0 Å². The predicted molar refractivity (Wildman–Crippen MR) is 81.0 cm³/mol. The Labute approximate surface area is 127 Å². The summed E-state index contributed by atoms with van der Waals surface area (Å²) in [7, 11) is 3.39. The molecule has 6 nitrogen and oxygen atoms in total. The molecule has 0 aliphatic rings. The molecule has 7 heteroatoms. The van der Waals surface area contributed by atoms with Gasteiger partial charge in [-0.2, -0.15) is 0 Å². The van der Waals surface area contributed by atoms with Gasteiger partial charge in [0.1, 0.15) is 16.7 Å². The van der Waals surface area contributed by atoms with E-state index in [1.165, 1.54) is 12.1 Å². The maximum absolute atomic E-state index is 10.9. The highest BCUT2D eigenvalue weighted by Gasteiger charge is 2.14. The zero-order chi connectivity index (χ0) is 15.4. The standard InChI is InChI=1S/C14H14ClN3O3/c1-17(9-10-5-3-4-6-12(10)21-2)14-8-11(18(19)20)7-13(15)16-14/h3-8H,9H2,1-2H3. The first-order chi connectivity index (χ1) is 10.0. The van der Waals surface area contributed by atoms with E-state index in [0.29, 0.717) is 12.4 Å². The monoisotopic (exact) mass is 307 g/mol. The van der Waals surface area contributed by atoms with Gasteiger partial charge in [-0.1, -0.05) is 29.8 Å². The van der Waals surface area contributed by atoms with E-state index < -0.39 is 4.92 Å². The molecule has 0 aliphatic heterocycles. The Kier molecular flexibility index (Phi) is 4.59. The summed E-state index contributed by atoms with van der Waals surface area (Å²) in [4.78, 5) is 16.3. The van der Waals surface area contributed by atoms with E-state index in [4.69, 9.17) is 16.3 Å². The number of methoxy groups -OCH3 is 1. The molecule has 0 bridgehead atoms. The Morgan fingerprint density at radius 2 is 2.10 bits per heavy atom. The van der Waals surface area contributed by atoms with E-state index in [2.05, 4.69) is 4.98 Å². The van der Waals surface area contributed by atoms with Crippen LogP contribution in [0.15, 0.2) is 36.4 Å². The molecule has 2 rings (SSSR count). The van der Waals surface area contributed by atoms with Gasteiger partial charge in [0.2, 0.25) is 0 Å². The molecule has 1 heterocycles. The number of aromatic nitrogens is 1. The topological polar surface area (TPSA) is 68.5 Å². The Bertz CT molecular complexity index is 664. The highest BCUT2D eigenvalue weighted by atomic mass is 35.5. The molecule has 0 radical (unpaired) electrons. The summed E-state index contributed by atoms with van der Waals surface area (Å²) in [6.45, 7) is 0.495. The summed E-state index contributed by atoms with van der Waals surface area (Å²) in [5, 5.41) is 11.0. The van der Waals surface area contributed by atoms with Crippen molar-refractivity contribution in [3.63, 3.8) is 0 Å². The van der Waals surface area contributed by atoms with Crippen molar-refractivity contribution in [1.82, 2.24) is 4.98 Å². The molecule has 0 atom stereocenters. The lowest BCUT2D eigenvalue weighted by molar-refractivity contribution is -0.384. The number of halogens is 1. The minimum absolute atomic E-state index is 0.0862. The van der Waals surface area contributed by atoms with Gasteiger partial charge < -0.3 is 9.64 Å². The van der Waals surface area contributed by atoms with Crippen molar-refractivity contribution in [3.8, 4) is 5.75 Å². The second-order valence-electron chi connectivity index (χ2n) is 4.43. The lowest BCUT2D eigenvalue weighted by Gasteiger charge is -2.19. The molecular weight excluding hydrogens is 294 g/mol. The first kappa shape index (κ1) is 15.1. The van der Waals surface area contributed by atoms with Gasteiger partial charge in [-0.15, -0.1) is 0 Å². The lowest BCUT2D eigenvalue weighted by Crippen LogP contribution is -2.18. The largest absolute Gasteiger partial charge is 0.496 e. The van der Waals surface area contributed by atoms with Crippen LogP contribution in [0.3, 0.4) is 0 Å². The summed E-state index contributed by atoms with van der Waals surface area (Å²) >= 11 is 5.83. The third kappa shape index (κ3) is 3.61. The Morgan fingerprint density at radius 3 is 2.76 bits per heavy atom. The summed E-state index contributed by atoms with van der Waals surface area (Å²) in [6.07, 6.45) is 0. The molecule has 0 fully saturated rings. The number of nitrogens with zero attached hydrogens (tertiary/aromatic N) is 3. The van der Waals surface area contributed by atoms with Crippen molar-refractivity contribution in [2.75, 3.05) is 19.1 Å². The average molecular weight is 308 g/mol. The highest BCUT2D eigenvalue weighted by molar-refractivity contribution is 6.29. The van der Waals surface area contributed by atoms with Crippen molar-refractivity contribution >= 4 is 23.1 Å². The molecule has 0 saturated heterocycles. The molecule has 1 aromatic carbocycles. The van der Waals surface area contributed by atoms with Crippen LogP contribution in [0.2, 0.25) is 5.15 Å². The first-order valence-electron chi connectivity index (χ1n) is 6.16. The third-order valence-electron chi connectivity index (χ3n) is 2.97. The molecule has 0 amide bonds. The molecule has 110 valence electrons. The Balaban J connectivity index is 2.28. The second-order valence-corrected chi connectivity index (χ2v) is 4.82. The van der Waals surface area contributed by atoms with Crippen LogP contribution in [0.5, 0.6) is 5.75 Å². The fraction of sp³-hybridized carbons (Fsp3) is 0.214. The van der Waals surface area contributed by atoms with E-state index in [9.17, 15) is 10.1 Å².